The number of fused-ring (bicyclic) bond motifs is 10. The first kappa shape index (κ1) is 18.1. The van der Waals surface area contributed by atoms with E-state index in [4.69, 9.17) is 18.9 Å². The van der Waals surface area contributed by atoms with Gasteiger partial charge < -0.3 is 24.1 Å². The summed E-state index contributed by atoms with van der Waals surface area (Å²) in [5, 5.41) is 12.8. The first-order valence-electron chi connectivity index (χ1n) is 10.8. The molecule has 0 amide bonds. The Bertz CT molecular complexity index is 1370. The van der Waals surface area contributed by atoms with Crippen molar-refractivity contribution in [2.24, 2.45) is 0 Å². The molecule has 1 atom stereocenters. The summed E-state index contributed by atoms with van der Waals surface area (Å²) in [4.78, 5) is 0. The van der Waals surface area contributed by atoms with E-state index in [9.17, 15) is 5.11 Å². The van der Waals surface area contributed by atoms with Gasteiger partial charge in [0.1, 0.15) is 5.75 Å². The maximum Gasteiger partial charge on any atom is 0.231 e. The number of hydrogen-bond donors (Lipinski definition) is 1. The number of benzene rings is 3. The molecule has 1 fully saturated rings. The predicted molar refractivity (Wildman–Crippen MR) is 120 cm³/mol. The number of phenolic OH excluding ortho intramolecular Hbond substituents is 1. The van der Waals surface area contributed by atoms with E-state index in [-0.39, 0.29) is 18.5 Å². The highest BCUT2D eigenvalue weighted by Gasteiger charge is 2.46. The summed E-state index contributed by atoms with van der Waals surface area (Å²) >= 11 is 0. The number of aromatic hydroxyl groups is 1. The minimum atomic E-state index is -1.10. The van der Waals surface area contributed by atoms with Crippen LogP contribution in [0.2, 0.25) is 0 Å². The minimum absolute atomic E-state index is 0.0449. The first-order valence-corrected chi connectivity index (χ1v) is 10.8. The molecular weight excluding hydrogens is 404 g/mol. The summed E-state index contributed by atoms with van der Waals surface area (Å²) < 4.78 is 24.1. The van der Waals surface area contributed by atoms with Gasteiger partial charge in [0.15, 0.2) is 11.5 Å². The van der Waals surface area contributed by atoms with Crippen molar-refractivity contribution in [1.82, 2.24) is 0 Å². The molecule has 1 N–H and O–H groups in total. The van der Waals surface area contributed by atoms with E-state index in [1.165, 1.54) is 0 Å². The van der Waals surface area contributed by atoms with Crippen LogP contribution >= 0.6 is 0 Å². The van der Waals surface area contributed by atoms with Crippen LogP contribution in [0, 0.1) is 0 Å². The van der Waals surface area contributed by atoms with Crippen LogP contribution in [0.5, 0.6) is 17.2 Å². The molecule has 2 aliphatic carbocycles. The molecule has 0 aromatic heterocycles. The van der Waals surface area contributed by atoms with Crippen molar-refractivity contribution in [3.8, 4) is 17.2 Å². The normalized spacial score (nSPS) is 21.6. The van der Waals surface area contributed by atoms with Gasteiger partial charge in [-0.25, -0.2) is 0 Å². The Kier molecular flexibility index (Phi) is 3.66. The molecule has 1 saturated heterocycles. The Morgan fingerprint density at radius 3 is 2.50 bits per heavy atom. The maximum absolute atomic E-state index is 11.1. The van der Waals surface area contributed by atoms with E-state index in [0.717, 1.165) is 38.6 Å². The van der Waals surface area contributed by atoms with Gasteiger partial charge in [-0.1, -0.05) is 54.6 Å². The summed E-state index contributed by atoms with van der Waals surface area (Å²) in [6.07, 6.45) is 10.7. The van der Waals surface area contributed by atoms with Crippen LogP contribution < -0.4 is 9.47 Å². The smallest absolute Gasteiger partial charge is 0.231 e. The van der Waals surface area contributed by atoms with E-state index in [2.05, 4.69) is 42.5 Å². The van der Waals surface area contributed by atoms with Gasteiger partial charge in [-0.2, -0.15) is 0 Å². The highest BCUT2D eigenvalue weighted by Crippen LogP contribution is 2.52. The van der Waals surface area contributed by atoms with Crippen LogP contribution in [0.4, 0.5) is 0 Å². The minimum Gasteiger partial charge on any atom is -0.507 e. The van der Waals surface area contributed by atoms with Crippen LogP contribution in [0.15, 0.2) is 72.8 Å². The third-order valence-electron chi connectivity index (χ3n) is 6.69. The maximum atomic E-state index is 11.1. The zero-order chi connectivity index (χ0) is 21.3. The SMILES string of the molecule is Oc1cc2c(c3cc4c(cc13)OCO4)C1C=CC=CC(=C1)c1ccccc1C21OCCO1. The molecule has 5 heteroatoms. The average molecular weight is 424 g/mol. The summed E-state index contributed by atoms with van der Waals surface area (Å²) in [6, 6.07) is 13.8. The summed E-state index contributed by atoms with van der Waals surface area (Å²) in [6.45, 7) is 1.13. The summed E-state index contributed by atoms with van der Waals surface area (Å²) in [5.74, 6) is 0.332. The van der Waals surface area contributed by atoms with Crippen LogP contribution in [0.25, 0.3) is 16.3 Å². The Morgan fingerprint density at radius 1 is 0.875 bits per heavy atom. The molecule has 3 aromatic rings. The lowest BCUT2D eigenvalue weighted by atomic mass is 9.78. The van der Waals surface area contributed by atoms with Gasteiger partial charge in [0.25, 0.3) is 0 Å². The molecule has 32 heavy (non-hydrogen) atoms. The lowest BCUT2D eigenvalue weighted by Gasteiger charge is -2.35. The Morgan fingerprint density at radius 2 is 1.66 bits per heavy atom. The molecule has 2 heterocycles. The lowest BCUT2D eigenvalue weighted by Crippen LogP contribution is -2.32. The summed E-state index contributed by atoms with van der Waals surface area (Å²) in [5.41, 5.74) is 4.97. The van der Waals surface area contributed by atoms with Gasteiger partial charge in [0, 0.05) is 22.4 Å². The van der Waals surface area contributed by atoms with Crippen molar-refractivity contribution < 1.29 is 24.1 Å². The molecule has 1 unspecified atom stereocenters. The van der Waals surface area contributed by atoms with Crippen LogP contribution in [0.1, 0.15) is 28.2 Å². The predicted octanol–water partition coefficient (Wildman–Crippen LogP) is 5.13. The molecule has 2 aliphatic heterocycles. The van der Waals surface area contributed by atoms with E-state index < -0.39 is 5.79 Å². The van der Waals surface area contributed by atoms with E-state index >= 15 is 0 Å². The van der Waals surface area contributed by atoms with E-state index in [0.29, 0.717) is 24.7 Å². The second-order valence-electron chi connectivity index (χ2n) is 8.36. The lowest BCUT2D eigenvalue weighted by molar-refractivity contribution is -0.130. The van der Waals surface area contributed by atoms with Gasteiger partial charge in [-0.05, 0) is 40.3 Å². The molecule has 0 radical (unpaired) electrons. The van der Waals surface area contributed by atoms with Gasteiger partial charge in [-0.15, -0.1) is 0 Å². The van der Waals surface area contributed by atoms with E-state index in [1.807, 2.05) is 24.3 Å². The molecule has 3 aromatic carbocycles. The fourth-order valence-electron chi connectivity index (χ4n) is 5.34. The molecule has 4 aliphatic rings. The first-order chi connectivity index (χ1) is 15.7. The number of phenols is 1. The topological polar surface area (TPSA) is 57.2 Å². The largest absolute Gasteiger partial charge is 0.507 e. The highest BCUT2D eigenvalue weighted by molar-refractivity contribution is 5.96. The number of allylic oxidation sites excluding steroid dienone is 6. The second kappa shape index (κ2) is 6.48. The van der Waals surface area contributed by atoms with Crippen molar-refractivity contribution in [2.45, 2.75) is 11.7 Å². The number of rotatable bonds is 0. The Balaban J connectivity index is 1.66. The van der Waals surface area contributed by atoms with E-state index in [1.54, 1.807) is 6.07 Å². The molecule has 0 saturated carbocycles. The standard InChI is InChI=1S/C27H20O5/c28-23-14-22-26(20-13-25-24(12-19(20)23)29-15-30-25)17-6-2-1-5-16(11-17)18-7-3-4-8-21(18)27(22)31-9-10-32-27/h1-8,11-14,17,28H,9-10,15H2. The van der Waals surface area contributed by atoms with Crippen molar-refractivity contribution in [2.75, 3.05) is 20.0 Å². The zero-order valence-electron chi connectivity index (χ0n) is 17.2. The van der Waals surface area contributed by atoms with Crippen molar-refractivity contribution in [1.29, 1.82) is 0 Å². The zero-order valence-corrected chi connectivity index (χ0v) is 17.2. The fraction of sp³-hybridized carbons (Fsp3) is 0.185. The van der Waals surface area contributed by atoms with Crippen LogP contribution in [-0.2, 0) is 15.3 Å². The van der Waals surface area contributed by atoms with Gasteiger partial charge >= 0.3 is 0 Å². The van der Waals surface area contributed by atoms with Crippen LogP contribution in [0.3, 0.4) is 0 Å². The van der Waals surface area contributed by atoms with Gasteiger partial charge in [0.2, 0.25) is 12.6 Å². The Hall–Kier alpha value is -3.54. The monoisotopic (exact) mass is 424 g/mol. The van der Waals surface area contributed by atoms with Gasteiger partial charge in [0.05, 0.1) is 13.2 Å². The molecular formula is C27H20O5. The quantitative estimate of drug-likeness (QED) is 0.542. The Labute approximate surface area is 184 Å². The van der Waals surface area contributed by atoms with Gasteiger partial charge in [-0.3, -0.25) is 0 Å². The fourth-order valence-corrected chi connectivity index (χ4v) is 5.34. The van der Waals surface area contributed by atoms with Crippen LogP contribution in [-0.4, -0.2) is 25.1 Å². The molecule has 7 rings (SSSR count). The molecule has 1 spiro atoms. The summed E-state index contributed by atoms with van der Waals surface area (Å²) in [7, 11) is 0. The third-order valence-corrected chi connectivity index (χ3v) is 6.69. The van der Waals surface area contributed by atoms with Crippen molar-refractivity contribution >= 4 is 16.3 Å². The molecule has 158 valence electrons. The number of hydrogen-bond acceptors (Lipinski definition) is 5. The average Bonchev–Trinajstić information content (AvgIpc) is 3.42. The third kappa shape index (κ3) is 2.35. The second-order valence-corrected chi connectivity index (χ2v) is 8.36. The van der Waals surface area contributed by atoms with Crippen molar-refractivity contribution in [3.05, 3.63) is 95.1 Å². The molecule has 5 nitrogen and oxygen atoms in total. The van der Waals surface area contributed by atoms with Crippen molar-refractivity contribution in [3.63, 3.8) is 0 Å². The molecule has 2 bridgehead atoms. The number of ether oxygens (including phenoxy) is 4. The highest BCUT2D eigenvalue weighted by atomic mass is 16.7.